The summed E-state index contributed by atoms with van der Waals surface area (Å²) in [6.07, 6.45) is 4.60. The Bertz CT molecular complexity index is 237. The molecule has 1 aliphatic carbocycles. The van der Waals surface area contributed by atoms with Crippen molar-refractivity contribution < 1.29 is 14.9 Å². The second-order valence-corrected chi connectivity index (χ2v) is 3.26. The van der Waals surface area contributed by atoms with Crippen LogP contribution in [0.5, 0.6) is 0 Å². The number of allylic oxidation sites excluding steroid dienone is 2. The maximum Gasteiger partial charge on any atom is 0.128 e. The fourth-order valence-corrected chi connectivity index (χ4v) is 1.60. The topological polar surface area (TPSA) is 49.7 Å². The molecule has 0 aromatic heterocycles. The maximum absolute atomic E-state index is 9.64. The van der Waals surface area contributed by atoms with Crippen molar-refractivity contribution in [1.29, 1.82) is 0 Å². The zero-order valence-corrected chi connectivity index (χ0v) is 8.08. The molecule has 3 heteroatoms. The molecule has 0 heterocycles. The minimum Gasteiger partial charge on any atom is -0.509 e. The van der Waals surface area contributed by atoms with Crippen molar-refractivity contribution in [3.8, 4) is 0 Å². The van der Waals surface area contributed by atoms with E-state index < -0.39 is 5.60 Å². The minimum atomic E-state index is -0.618. The lowest BCUT2D eigenvalue weighted by Crippen LogP contribution is -2.35. The Morgan fingerprint density at radius 2 is 2.23 bits per heavy atom. The molecule has 0 fully saturated rings. The molecule has 3 nitrogen and oxygen atoms in total. The summed E-state index contributed by atoms with van der Waals surface area (Å²) in [5, 5.41) is 18.6. The number of hydrogen-bond donors (Lipinski definition) is 2. The third-order valence-electron chi connectivity index (χ3n) is 2.62. The number of hydrogen-bond acceptors (Lipinski definition) is 3. The SMILES string of the molecule is CCC1(OC)CC(CO)=CC=C1O. The van der Waals surface area contributed by atoms with E-state index >= 15 is 0 Å². The van der Waals surface area contributed by atoms with Crippen molar-refractivity contribution in [1.82, 2.24) is 0 Å². The lowest BCUT2D eigenvalue weighted by Gasteiger charge is -2.33. The van der Waals surface area contributed by atoms with E-state index in [1.807, 2.05) is 6.92 Å². The van der Waals surface area contributed by atoms with E-state index in [1.54, 1.807) is 19.3 Å². The molecule has 0 amide bonds. The summed E-state index contributed by atoms with van der Waals surface area (Å²) in [6.45, 7) is 1.97. The van der Waals surface area contributed by atoms with Crippen LogP contribution in [-0.2, 0) is 4.74 Å². The van der Waals surface area contributed by atoms with Crippen LogP contribution in [0, 0.1) is 0 Å². The van der Waals surface area contributed by atoms with Crippen LogP contribution in [0.15, 0.2) is 23.5 Å². The van der Waals surface area contributed by atoms with E-state index in [4.69, 9.17) is 9.84 Å². The van der Waals surface area contributed by atoms with Crippen molar-refractivity contribution in [2.45, 2.75) is 25.4 Å². The molecule has 0 bridgehead atoms. The summed E-state index contributed by atoms with van der Waals surface area (Å²) in [4.78, 5) is 0. The van der Waals surface area contributed by atoms with Crippen LogP contribution in [0.2, 0.25) is 0 Å². The van der Waals surface area contributed by atoms with Crippen molar-refractivity contribution in [2.24, 2.45) is 0 Å². The van der Waals surface area contributed by atoms with Crippen molar-refractivity contribution in [3.05, 3.63) is 23.5 Å². The maximum atomic E-state index is 9.64. The summed E-state index contributed by atoms with van der Waals surface area (Å²) in [6, 6.07) is 0. The summed E-state index contributed by atoms with van der Waals surface area (Å²) in [7, 11) is 1.58. The van der Waals surface area contributed by atoms with Gasteiger partial charge in [-0.1, -0.05) is 13.0 Å². The van der Waals surface area contributed by atoms with Crippen LogP contribution in [-0.4, -0.2) is 29.5 Å². The van der Waals surface area contributed by atoms with E-state index in [-0.39, 0.29) is 12.4 Å². The molecule has 0 spiro atoms. The van der Waals surface area contributed by atoms with E-state index in [1.165, 1.54) is 0 Å². The Morgan fingerprint density at radius 1 is 1.54 bits per heavy atom. The molecule has 0 radical (unpaired) electrons. The van der Waals surface area contributed by atoms with Gasteiger partial charge in [-0.25, -0.2) is 0 Å². The second-order valence-electron chi connectivity index (χ2n) is 3.26. The lowest BCUT2D eigenvalue weighted by atomic mass is 9.86. The molecule has 0 aromatic rings. The zero-order chi connectivity index (χ0) is 9.90. The van der Waals surface area contributed by atoms with Crippen LogP contribution >= 0.6 is 0 Å². The number of rotatable bonds is 3. The van der Waals surface area contributed by atoms with Crippen LogP contribution in [0.4, 0.5) is 0 Å². The number of aliphatic hydroxyl groups is 2. The highest BCUT2D eigenvalue weighted by molar-refractivity contribution is 5.29. The third-order valence-corrected chi connectivity index (χ3v) is 2.62. The first-order chi connectivity index (χ1) is 6.18. The fourth-order valence-electron chi connectivity index (χ4n) is 1.60. The highest BCUT2D eigenvalue weighted by atomic mass is 16.5. The Balaban J connectivity index is 2.91. The van der Waals surface area contributed by atoms with E-state index in [0.29, 0.717) is 12.8 Å². The Morgan fingerprint density at radius 3 is 2.69 bits per heavy atom. The molecule has 74 valence electrons. The molecule has 1 rings (SSSR count). The van der Waals surface area contributed by atoms with Gasteiger partial charge in [-0.3, -0.25) is 0 Å². The molecular formula is C10H16O3. The first-order valence-electron chi connectivity index (χ1n) is 4.43. The van der Waals surface area contributed by atoms with Gasteiger partial charge in [0, 0.05) is 13.5 Å². The number of aliphatic hydroxyl groups excluding tert-OH is 2. The van der Waals surface area contributed by atoms with Gasteiger partial charge in [0.25, 0.3) is 0 Å². The van der Waals surface area contributed by atoms with Gasteiger partial charge < -0.3 is 14.9 Å². The van der Waals surface area contributed by atoms with Gasteiger partial charge in [-0.05, 0) is 18.1 Å². The Kier molecular flexibility index (Phi) is 3.12. The number of methoxy groups -OCH3 is 1. The van der Waals surface area contributed by atoms with Gasteiger partial charge in [-0.2, -0.15) is 0 Å². The van der Waals surface area contributed by atoms with Crippen molar-refractivity contribution >= 4 is 0 Å². The smallest absolute Gasteiger partial charge is 0.128 e. The highest BCUT2D eigenvalue weighted by Gasteiger charge is 2.35. The Labute approximate surface area is 78.3 Å². The second kappa shape index (κ2) is 3.94. The van der Waals surface area contributed by atoms with E-state index in [0.717, 1.165) is 5.57 Å². The van der Waals surface area contributed by atoms with Gasteiger partial charge in [0.15, 0.2) is 0 Å². The largest absolute Gasteiger partial charge is 0.509 e. The van der Waals surface area contributed by atoms with Gasteiger partial charge in [0.05, 0.1) is 6.61 Å². The molecule has 1 atom stereocenters. The van der Waals surface area contributed by atoms with Gasteiger partial charge in [0.2, 0.25) is 0 Å². The van der Waals surface area contributed by atoms with Crippen molar-refractivity contribution in [3.63, 3.8) is 0 Å². The monoisotopic (exact) mass is 184 g/mol. The zero-order valence-electron chi connectivity index (χ0n) is 8.08. The van der Waals surface area contributed by atoms with Crippen molar-refractivity contribution in [2.75, 3.05) is 13.7 Å². The average molecular weight is 184 g/mol. The quantitative estimate of drug-likeness (QED) is 0.699. The first kappa shape index (κ1) is 10.3. The number of ether oxygens (including phenoxy) is 1. The lowest BCUT2D eigenvalue weighted by molar-refractivity contribution is -0.0163. The Hall–Kier alpha value is -0.800. The van der Waals surface area contributed by atoms with Crippen LogP contribution in [0.3, 0.4) is 0 Å². The van der Waals surface area contributed by atoms with Gasteiger partial charge >= 0.3 is 0 Å². The summed E-state index contributed by atoms with van der Waals surface area (Å²) >= 11 is 0. The molecule has 1 unspecified atom stereocenters. The highest BCUT2D eigenvalue weighted by Crippen LogP contribution is 2.33. The van der Waals surface area contributed by atoms with Crippen LogP contribution < -0.4 is 0 Å². The molecule has 0 aliphatic heterocycles. The van der Waals surface area contributed by atoms with Crippen LogP contribution in [0.1, 0.15) is 19.8 Å². The van der Waals surface area contributed by atoms with Gasteiger partial charge in [-0.15, -0.1) is 0 Å². The van der Waals surface area contributed by atoms with E-state index in [9.17, 15) is 5.11 Å². The molecule has 0 aromatic carbocycles. The average Bonchev–Trinajstić information content (AvgIpc) is 2.19. The molecule has 0 saturated carbocycles. The summed E-state index contributed by atoms with van der Waals surface area (Å²) in [5.41, 5.74) is 0.272. The summed E-state index contributed by atoms with van der Waals surface area (Å²) < 4.78 is 5.30. The molecule has 13 heavy (non-hydrogen) atoms. The first-order valence-corrected chi connectivity index (χ1v) is 4.43. The fraction of sp³-hybridized carbons (Fsp3) is 0.600. The molecular weight excluding hydrogens is 168 g/mol. The predicted octanol–water partition coefficient (Wildman–Crippen LogP) is 1.55. The standard InChI is InChI=1S/C10H16O3/c1-3-10(13-2)6-8(7-11)4-5-9(10)12/h4-5,11-12H,3,6-7H2,1-2H3. The summed E-state index contributed by atoms with van der Waals surface area (Å²) in [5.74, 6) is 0.245. The normalized spacial score (nSPS) is 28.2. The molecule has 2 N–H and O–H groups in total. The minimum absolute atomic E-state index is 0.0227. The molecule has 0 saturated heterocycles. The molecule has 1 aliphatic rings. The third kappa shape index (κ3) is 1.76. The van der Waals surface area contributed by atoms with E-state index in [2.05, 4.69) is 0 Å². The van der Waals surface area contributed by atoms with Gasteiger partial charge in [0.1, 0.15) is 11.4 Å². The predicted molar refractivity (Wildman–Crippen MR) is 50.5 cm³/mol. The van der Waals surface area contributed by atoms with Crippen LogP contribution in [0.25, 0.3) is 0 Å².